The third-order valence-electron chi connectivity index (χ3n) is 4.00. The molecule has 1 aliphatic rings. The summed E-state index contributed by atoms with van der Waals surface area (Å²) in [5, 5.41) is 0. The predicted molar refractivity (Wildman–Crippen MR) is 80.9 cm³/mol. The average Bonchev–Trinajstić information content (AvgIpc) is 2.37. The highest BCUT2D eigenvalue weighted by atomic mass is 32.2. The van der Waals surface area contributed by atoms with Gasteiger partial charge in [0.05, 0.1) is 10.6 Å². The van der Waals surface area contributed by atoms with Gasteiger partial charge < -0.3 is 10.6 Å². The minimum atomic E-state index is -3.70. The first kappa shape index (κ1) is 16.2. The predicted octanol–water partition coefficient (Wildman–Crippen LogP) is 1.33. The molecular formula is C14H22FN3O2S. The second-order valence-electron chi connectivity index (χ2n) is 5.90. The molecule has 1 aromatic rings. The zero-order chi connectivity index (χ0) is 15.8. The second-order valence-corrected chi connectivity index (χ2v) is 7.58. The van der Waals surface area contributed by atoms with Gasteiger partial charge >= 0.3 is 0 Å². The van der Waals surface area contributed by atoms with Gasteiger partial charge in [-0.2, -0.15) is 0 Å². The van der Waals surface area contributed by atoms with Crippen molar-refractivity contribution in [1.82, 2.24) is 9.62 Å². The minimum absolute atomic E-state index is 0.0486. The van der Waals surface area contributed by atoms with Gasteiger partial charge in [-0.25, -0.2) is 17.5 Å². The highest BCUT2D eigenvalue weighted by molar-refractivity contribution is 7.89. The standard InChI is InChI=1S/C14H22FN3O2S/c1-9-6-11(15)12(16)7-14(9)21(19,20)17-13-4-5-18(3)8-10(13)2/h6-7,10,13,17H,4-5,8,16H2,1-3H3. The molecule has 7 heteroatoms. The summed E-state index contributed by atoms with van der Waals surface area (Å²) in [4.78, 5) is 2.23. The Bertz CT molecular complexity index is 633. The first-order valence-corrected chi connectivity index (χ1v) is 8.45. The molecule has 2 rings (SSSR count). The van der Waals surface area contributed by atoms with Gasteiger partial charge in [-0.3, -0.25) is 0 Å². The van der Waals surface area contributed by atoms with E-state index in [4.69, 9.17) is 5.73 Å². The maximum Gasteiger partial charge on any atom is 0.241 e. The maximum atomic E-state index is 13.4. The Kier molecular flexibility index (Phi) is 4.55. The highest BCUT2D eigenvalue weighted by Crippen LogP contribution is 2.24. The Morgan fingerprint density at radius 3 is 2.71 bits per heavy atom. The molecule has 2 atom stereocenters. The van der Waals surface area contributed by atoms with Crippen molar-refractivity contribution in [2.24, 2.45) is 5.92 Å². The fraction of sp³-hybridized carbons (Fsp3) is 0.571. The van der Waals surface area contributed by atoms with Crippen LogP contribution >= 0.6 is 0 Å². The lowest BCUT2D eigenvalue weighted by atomic mass is 9.95. The highest BCUT2D eigenvalue weighted by Gasteiger charge is 2.29. The summed E-state index contributed by atoms with van der Waals surface area (Å²) in [6, 6.07) is 2.23. The number of likely N-dealkylation sites (tertiary alicyclic amines) is 1. The summed E-state index contributed by atoms with van der Waals surface area (Å²) in [5.41, 5.74) is 5.69. The number of nitrogen functional groups attached to an aromatic ring is 1. The monoisotopic (exact) mass is 315 g/mol. The molecular weight excluding hydrogens is 293 g/mol. The van der Waals surface area contributed by atoms with Crippen LogP contribution in [0.1, 0.15) is 18.9 Å². The Balaban J connectivity index is 2.25. The van der Waals surface area contributed by atoms with Crippen molar-refractivity contribution in [2.75, 3.05) is 25.9 Å². The van der Waals surface area contributed by atoms with Gasteiger partial charge in [-0.1, -0.05) is 6.92 Å². The van der Waals surface area contributed by atoms with Crippen LogP contribution in [0, 0.1) is 18.7 Å². The van der Waals surface area contributed by atoms with Crippen molar-refractivity contribution in [3.8, 4) is 0 Å². The summed E-state index contributed by atoms with van der Waals surface area (Å²) >= 11 is 0. The second kappa shape index (κ2) is 5.90. The van der Waals surface area contributed by atoms with E-state index in [1.807, 2.05) is 14.0 Å². The smallest absolute Gasteiger partial charge is 0.241 e. The van der Waals surface area contributed by atoms with Crippen molar-refractivity contribution < 1.29 is 12.8 Å². The summed E-state index contributed by atoms with van der Waals surface area (Å²) < 4.78 is 41.1. The van der Waals surface area contributed by atoms with E-state index in [-0.39, 0.29) is 22.5 Å². The number of hydrogen-bond acceptors (Lipinski definition) is 4. The van der Waals surface area contributed by atoms with E-state index in [0.717, 1.165) is 25.6 Å². The number of sulfonamides is 1. The summed E-state index contributed by atoms with van der Waals surface area (Å²) in [6.07, 6.45) is 0.757. The van der Waals surface area contributed by atoms with Gasteiger partial charge in [-0.15, -0.1) is 0 Å². The zero-order valence-corrected chi connectivity index (χ0v) is 13.4. The van der Waals surface area contributed by atoms with Crippen molar-refractivity contribution in [2.45, 2.75) is 31.2 Å². The summed E-state index contributed by atoms with van der Waals surface area (Å²) in [6.45, 7) is 5.28. The van der Waals surface area contributed by atoms with E-state index in [2.05, 4.69) is 9.62 Å². The number of nitrogens with two attached hydrogens (primary N) is 1. The quantitative estimate of drug-likeness (QED) is 0.825. The molecule has 1 fully saturated rings. The maximum absolute atomic E-state index is 13.4. The molecule has 0 aliphatic carbocycles. The molecule has 1 heterocycles. The SMILES string of the molecule is Cc1cc(F)c(N)cc1S(=O)(=O)NC1CCN(C)CC1C. The van der Waals surface area contributed by atoms with E-state index in [0.29, 0.717) is 5.56 Å². The van der Waals surface area contributed by atoms with E-state index in [1.165, 1.54) is 6.07 Å². The van der Waals surface area contributed by atoms with E-state index in [9.17, 15) is 12.8 Å². The lowest BCUT2D eigenvalue weighted by Gasteiger charge is -2.35. The normalized spacial score (nSPS) is 24.2. The number of piperidine rings is 1. The lowest BCUT2D eigenvalue weighted by molar-refractivity contribution is 0.188. The number of nitrogens with zero attached hydrogens (tertiary/aromatic N) is 1. The minimum Gasteiger partial charge on any atom is -0.396 e. The largest absolute Gasteiger partial charge is 0.396 e. The molecule has 118 valence electrons. The van der Waals surface area contributed by atoms with Gasteiger partial charge in [0.15, 0.2) is 0 Å². The Hall–Kier alpha value is -1.18. The molecule has 2 unspecified atom stereocenters. The first-order chi connectivity index (χ1) is 9.70. The molecule has 0 aromatic heterocycles. The number of benzene rings is 1. The third kappa shape index (κ3) is 3.53. The van der Waals surface area contributed by atoms with Crippen molar-refractivity contribution in [3.05, 3.63) is 23.5 Å². The molecule has 0 spiro atoms. The molecule has 21 heavy (non-hydrogen) atoms. The number of halogens is 1. The van der Waals surface area contributed by atoms with Gasteiger partial charge in [0.2, 0.25) is 10.0 Å². The Morgan fingerprint density at radius 2 is 2.10 bits per heavy atom. The van der Waals surface area contributed by atoms with Gasteiger partial charge in [0, 0.05) is 12.6 Å². The summed E-state index contributed by atoms with van der Waals surface area (Å²) in [7, 11) is -1.68. The molecule has 0 bridgehead atoms. The lowest BCUT2D eigenvalue weighted by Crippen LogP contribution is -2.48. The molecule has 0 saturated carbocycles. The van der Waals surface area contributed by atoms with Crippen molar-refractivity contribution >= 4 is 15.7 Å². The van der Waals surface area contributed by atoms with Crippen LogP contribution in [-0.4, -0.2) is 39.5 Å². The number of nitrogens with one attached hydrogen (secondary N) is 1. The number of hydrogen-bond donors (Lipinski definition) is 2. The van der Waals surface area contributed by atoms with E-state index in [1.54, 1.807) is 6.92 Å². The van der Waals surface area contributed by atoms with E-state index < -0.39 is 15.8 Å². The fourth-order valence-electron chi connectivity index (χ4n) is 2.75. The average molecular weight is 315 g/mol. The number of rotatable bonds is 3. The van der Waals surface area contributed by atoms with Crippen LogP contribution in [0.4, 0.5) is 10.1 Å². The van der Waals surface area contributed by atoms with Crippen molar-refractivity contribution in [3.63, 3.8) is 0 Å². The van der Waals surface area contributed by atoms with Gasteiger partial charge in [0.25, 0.3) is 0 Å². The van der Waals surface area contributed by atoms with Crippen molar-refractivity contribution in [1.29, 1.82) is 0 Å². The molecule has 3 N–H and O–H groups in total. The van der Waals surface area contributed by atoms with Crippen LogP contribution in [0.15, 0.2) is 17.0 Å². The van der Waals surface area contributed by atoms with Crippen LogP contribution in [0.2, 0.25) is 0 Å². The molecule has 0 amide bonds. The van der Waals surface area contributed by atoms with Crippen LogP contribution in [-0.2, 0) is 10.0 Å². The van der Waals surface area contributed by atoms with Crippen LogP contribution in [0.5, 0.6) is 0 Å². The molecule has 1 aromatic carbocycles. The Labute approximate surface area is 125 Å². The Morgan fingerprint density at radius 1 is 1.43 bits per heavy atom. The molecule has 5 nitrogen and oxygen atoms in total. The number of aryl methyl sites for hydroxylation is 1. The van der Waals surface area contributed by atoms with Crippen LogP contribution in [0.3, 0.4) is 0 Å². The van der Waals surface area contributed by atoms with E-state index >= 15 is 0 Å². The van der Waals surface area contributed by atoms with Crippen LogP contribution in [0.25, 0.3) is 0 Å². The number of anilines is 1. The van der Waals surface area contributed by atoms with Gasteiger partial charge in [0.1, 0.15) is 5.82 Å². The topological polar surface area (TPSA) is 75.4 Å². The fourth-order valence-corrected chi connectivity index (χ4v) is 4.39. The summed E-state index contributed by atoms with van der Waals surface area (Å²) in [5.74, 6) is -0.379. The molecule has 0 radical (unpaired) electrons. The molecule has 1 aliphatic heterocycles. The zero-order valence-electron chi connectivity index (χ0n) is 12.6. The third-order valence-corrected chi connectivity index (χ3v) is 5.63. The molecule has 1 saturated heterocycles. The first-order valence-electron chi connectivity index (χ1n) is 6.97. The van der Waals surface area contributed by atoms with Gasteiger partial charge in [-0.05, 0) is 50.6 Å². The van der Waals surface area contributed by atoms with Crippen LogP contribution < -0.4 is 10.5 Å².